The van der Waals surface area contributed by atoms with E-state index in [9.17, 15) is 19.2 Å². The Labute approximate surface area is 190 Å². The van der Waals surface area contributed by atoms with E-state index in [-0.39, 0.29) is 30.8 Å². The molecule has 0 bridgehead atoms. The van der Waals surface area contributed by atoms with Gasteiger partial charge >= 0.3 is 11.9 Å². The number of aryl methyl sites for hydroxylation is 2. The Bertz CT molecular complexity index is 1310. The molecule has 0 saturated carbocycles. The Balaban J connectivity index is 1.46. The van der Waals surface area contributed by atoms with Crippen LogP contribution < -0.4 is 0 Å². The molecule has 0 aliphatic carbocycles. The maximum Gasteiger partial charge on any atom is 0.340 e. The van der Waals surface area contributed by atoms with Crippen LogP contribution in [0.3, 0.4) is 0 Å². The highest BCUT2D eigenvalue weighted by Crippen LogP contribution is 2.25. The fraction of sp³-hybridized carbons (Fsp3) is 0.240. The Morgan fingerprint density at radius 2 is 1.73 bits per heavy atom. The molecule has 0 radical (unpaired) electrons. The van der Waals surface area contributed by atoms with Gasteiger partial charge in [0.15, 0.2) is 0 Å². The minimum absolute atomic E-state index is 0.0989. The molecule has 168 valence electrons. The maximum absolute atomic E-state index is 12.6. The zero-order chi connectivity index (χ0) is 23.7. The number of pyridine rings is 1. The van der Waals surface area contributed by atoms with Crippen molar-refractivity contribution >= 4 is 34.7 Å². The SMILES string of the molecule is COC(=O)c1c(COC(=O)CCN2C(=O)c3ccc(C)cc3C2=O)nc2ccccc2c1C. The van der Waals surface area contributed by atoms with E-state index in [4.69, 9.17) is 9.47 Å². The van der Waals surface area contributed by atoms with Gasteiger partial charge in [-0.2, -0.15) is 0 Å². The fourth-order valence-electron chi connectivity index (χ4n) is 3.95. The van der Waals surface area contributed by atoms with Crippen molar-refractivity contribution in [3.8, 4) is 0 Å². The number of rotatable bonds is 6. The highest BCUT2D eigenvalue weighted by atomic mass is 16.5. The molecule has 0 saturated heterocycles. The molecule has 8 nitrogen and oxygen atoms in total. The highest BCUT2D eigenvalue weighted by molar-refractivity contribution is 6.21. The summed E-state index contributed by atoms with van der Waals surface area (Å²) in [4.78, 5) is 55.4. The lowest BCUT2D eigenvalue weighted by molar-refractivity contribution is -0.145. The lowest BCUT2D eigenvalue weighted by atomic mass is 10.0. The molecule has 2 heterocycles. The number of aromatic nitrogens is 1. The highest BCUT2D eigenvalue weighted by Gasteiger charge is 2.35. The van der Waals surface area contributed by atoms with Gasteiger partial charge in [-0.3, -0.25) is 19.3 Å². The summed E-state index contributed by atoms with van der Waals surface area (Å²) in [6.07, 6.45) is -0.176. The number of hydrogen-bond acceptors (Lipinski definition) is 7. The molecule has 4 rings (SSSR count). The molecule has 8 heteroatoms. The number of methoxy groups -OCH3 is 1. The molecule has 0 spiro atoms. The molecule has 0 fully saturated rings. The Morgan fingerprint density at radius 3 is 2.48 bits per heavy atom. The van der Waals surface area contributed by atoms with Crippen molar-refractivity contribution < 1.29 is 28.7 Å². The van der Waals surface area contributed by atoms with Gasteiger partial charge in [0.25, 0.3) is 11.8 Å². The van der Waals surface area contributed by atoms with E-state index in [1.54, 1.807) is 31.2 Å². The van der Waals surface area contributed by atoms with Crippen molar-refractivity contribution in [3.63, 3.8) is 0 Å². The fourth-order valence-corrected chi connectivity index (χ4v) is 3.95. The second-order valence-corrected chi connectivity index (χ2v) is 7.79. The molecule has 3 aromatic rings. The first-order valence-corrected chi connectivity index (χ1v) is 10.4. The van der Waals surface area contributed by atoms with Gasteiger partial charge < -0.3 is 9.47 Å². The smallest absolute Gasteiger partial charge is 0.340 e. The van der Waals surface area contributed by atoms with E-state index >= 15 is 0 Å². The second-order valence-electron chi connectivity index (χ2n) is 7.79. The molecule has 1 aliphatic rings. The first-order chi connectivity index (χ1) is 15.8. The van der Waals surface area contributed by atoms with Crippen LogP contribution in [0.1, 0.15) is 54.3 Å². The van der Waals surface area contributed by atoms with Crippen LogP contribution in [0.2, 0.25) is 0 Å². The molecule has 0 unspecified atom stereocenters. The number of carbonyl (C=O) groups is 4. The van der Waals surface area contributed by atoms with Crippen molar-refractivity contribution in [1.82, 2.24) is 9.88 Å². The Kier molecular flexibility index (Phi) is 5.91. The van der Waals surface area contributed by atoms with Crippen LogP contribution in [-0.2, 0) is 20.9 Å². The molecule has 1 aromatic heterocycles. The summed E-state index contributed by atoms with van der Waals surface area (Å²) >= 11 is 0. The van der Waals surface area contributed by atoms with Crippen LogP contribution in [0.5, 0.6) is 0 Å². The van der Waals surface area contributed by atoms with E-state index in [2.05, 4.69) is 4.98 Å². The third kappa shape index (κ3) is 4.07. The number of esters is 2. The number of nitrogens with zero attached hydrogens (tertiary/aromatic N) is 2. The van der Waals surface area contributed by atoms with Gasteiger partial charge in [0.05, 0.1) is 41.4 Å². The van der Waals surface area contributed by atoms with Crippen molar-refractivity contribution in [3.05, 3.63) is 76.0 Å². The molecular weight excluding hydrogens is 424 g/mol. The van der Waals surface area contributed by atoms with Crippen LogP contribution in [0.4, 0.5) is 0 Å². The number of hydrogen-bond donors (Lipinski definition) is 0. The third-order valence-electron chi connectivity index (χ3n) is 5.65. The number of benzene rings is 2. The summed E-state index contributed by atoms with van der Waals surface area (Å²) in [5.74, 6) is -2.04. The summed E-state index contributed by atoms with van der Waals surface area (Å²) in [7, 11) is 1.27. The molecule has 1 aliphatic heterocycles. The summed E-state index contributed by atoms with van der Waals surface area (Å²) in [6.45, 7) is 3.28. The predicted molar refractivity (Wildman–Crippen MR) is 119 cm³/mol. The molecular formula is C25H22N2O6. The number of para-hydroxylation sites is 1. The average molecular weight is 446 g/mol. The standard InChI is InChI=1S/C25H22N2O6/c1-14-8-9-17-18(12-14)24(30)27(23(17)29)11-10-21(28)33-13-20-22(25(31)32-3)15(2)16-6-4-5-7-19(16)26-20/h4-9,12H,10-11,13H2,1-3H3. The lowest BCUT2D eigenvalue weighted by Crippen LogP contribution is -2.32. The molecule has 0 N–H and O–H groups in total. The first-order valence-electron chi connectivity index (χ1n) is 10.4. The minimum Gasteiger partial charge on any atom is -0.465 e. The number of carbonyl (C=O) groups excluding carboxylic acids is 4. The van der Waals surface area contributed by atoms with Gasteiger partial charge in [-0.15, -0.1) is 0 Å². The van der Waals surface area contributed by atoms with Gasteiger partial charge in [0.1, 0.15) is 6.61 Å². The van der Waals surface area contributed by atoms with Crippen molar-refractivity contribution in [1.29, 1.82) is 0 Å². The van der Waals surface area contributed by atoms with Crippen molar-refractivity contribution in [2.75, 3.05) is 13.7 Å². The van der Waals surface area contributed by atoms with Crippen LogP contribution in [0.25, 0.3) is 10.9 Å². The largest absolute Gasteiger partial charge is 0.465 e. The van der Waals surface area contributed by atoms with Gasteiger partial charge in [-0.25, -0.2) is 9.78 Å². The number of imide groups is 1. The quantitative estimate of drug-likeness (QED) is 0.422. The zero-order valence-corrected chi connectivity index (χ0v) is 18.5. The number of fused-ring (bicyclic) bond motifs is 2. The Hall–Kier alpha value is -4.07. The van der Waals surface area contributed by atoms with E-state index in [0.717, 1.165) is 15.8 Å². The van der Waals surface area contributed by atoms with Gasteiger partial charge in [0.2, 0.25) is 0 Å². The maximum atomic E-state index is 12.6. The first kappa shape index (κ1) is 22.1. The van der Waals surface area contributed by atoms with E-state index in [0.29, 0.717) is 22.2 Å². The minimum atomic E-state index is -0.619. The number of ether oxygens (including phenoxy) is 2. The van der Waals surface area contributed by atoms with E-state index in [1.165, 1.54) is 7.11 Å². The molecule has 2 aromatic carbocycles. The van der Waals surface area contributed by atoms with Crippen LogP contribution in [0, 0.1) is 13.8 Å². The van der Waals surface area contributed by atoms with E-state index in [1.807, 2.05) is 25.1 Å². The topological polar surface area (TPSA) is 103 Å². The third-order valence-corrected chi connectivity index (χ3v) is 5.65. The summed E-state index contributed by atoms with van der Waals surface area (Å²) in [5, 5.41) is 0.800. The molecule has 2 amide bonds. The Morgan fingerprint density at radius 1 is 1.00 bits per heavy atom. The molecule has 33 heavy (non-hydrogen) atoms. The van der Waals surface area contributed by atoms with Crippen LogP contribution >= 0.6 is 0 Å². The second kappa shape index (κ2) is 8.82. The van der Waals surface area contributed by atoms with Gasteiger partial charge in [-0.05, 0) is 37.6 Å². The van der Waals surface area contributed by atoms with Crippen LogP contribution in [0.15, 0.2) is 42.5 Å². The van der Waals surface area contributed by atoms with Crippen molar-refractivity contribution in [2.45, 2.75) is 26.9 Å². The summed E-state index contributed by atoms with van der Waals surface area (Å²) in [5.41, 5.74) is 3.41. The zero-order valence-electron chi connectivity index (χ0n) is 18.5. The van der Waals surface area contributed by atoms with Crippen LogP contribution in [-0.4, -0.2) is 47.3 Å². The lowest BCUT2D eigenvalue weighted by Gasteiger charge is -2.15. The van der Waals surface area contributed by atoms with Crippen molar-refractivity contribution in [2.24, 2.45) is 0 Å². The van der Waals surface area contributed by atoms with Gasteiger partial charge in [-0.1, -0.05) is 29.8 Å². The normalized spacial score (nSPS) is 12.8. The monoisotopic (exact) mass is 446 g/mol. The summed E-state index contributed by atoms with van der Waals surface area (Å²) in [6, 6.07) is 12.4. The number of amides is 2. The predicted octanol–water partition coefficient (Wildman–Crippen LogP) is 3.37. The average Bonchev–Trinajstić information content (AvgIpc) is 3.04. The van der Waals surface area contributed by atoms with Gasteiger partial charge in [0, 0.05) is 11.9 Å². The molecule has 0 atom stereocenters. The summed E-state index contributed by atoms with van der Waals surface area (Å²) < 4.78 is 10.2. The van der Waals surface area contributed by atoms with E-state index < -0.39 is 23.8 Å².